The summed E-state index contributed by atoms with van der Waals surface area (Å²) in [7, 11) is 2.31. The van der Waals surface area contributed by atoms with E-state index in [1.807, 2.05) is 0 Å². The second-order valence-corrected chi connectivity index (χ2v) is 6.05. The van der Waals surface area contributed by atoms with Crippen LogP contribution in [0.3, 0.4) is 0 Å². The van der Waals surface area contributed by atoms with Gasteiger partial charge in [0.05, 0.1) is 0 Å². The van der Waals surface area contributed by atoms with E-state index in [2.05, 4.69) is 24.2 Å². The summed E-state index contributed by atoms with van der Waals surface area (Å²) in [5.41, 5.74) is 0.573. The van der Waals surface area contributed by atoms with E-state index in [4.69, 9.17) is 0 Å². The topological polar surface area (TPSA) is 15.3 Å². The van der Waals surface area contributed by atoms with E-state index in [9.17, 15) is 0 Å². The van der Waals surface area contributed by atoms with Crippen LogP contribution in [0.25, 0.3) is 0 Å². The minimum absolute atomic E-state index is 0.573. The molecule has 1 heterocycles. The minimum Gasteiger partial charge on any atom is -0.317 e. The molecule has 0 aromatic rings. The summed E-state index contributed by atoms with van der Waals surface area (Å²) in [6, 6.07) is 0. The third-order valence-electron chi connectivity index (χ3n) is 4.26. The summed E-state index contributed by atoms with van der Waals surface area (Å²) in [5.74, 6) is 1.01. The van der Waals surface area contributed by atoms with Gasteiger partial charge in [0.2, 0.25) is 0 Å². The number of hydrogen-bond acceptors (Lipinski definition) is 2. The molecule has 15 heavy (non-hydrogen) atoms. The molecule has 0 radical (unpaired) electrons. The van der Waals surface area contributed by atoms with Crippen molar-refractivity contribution in [3.05, 3.63) is 0 Å². The lowest BCUT2D eigenvalue weighted by molar-refractivity contribution is 0.118. The number of hydrogen-bond donors (Lipinski definition) is 1. The van der Waals surface area contributed by atoms with Crippen LogP contribution in [0.1, 0.15) is 39.0 Å². The van der Waals surface area contributed by atoms with Gasteiger partial charge in [-0.2, -0.15) is 0 Å². The smallest absolute Gasteiger partial charge is 0.00333 e. The van der Waals surface area contributed by atoms with Crippen molar-refractivity contribution < 1.29 is 0 Å². The Bertz CT molecular complexity index is 193. The lowest BCUT2D eigenvalue weighted by atomic mass is 9.79. The summed E-state index contributed by atoms with van der Waals surface area (Å²) in [4.78, 5) is 2.58. The van der Waals surface area contributed by atoms with E-state index in [0.717, 1.165) is 5.92 Å². The Morgan fingerprint density at radius 3 is 2.47 bits per heavy atom. The van der Waals surface area contributed by atoms with Crippen LogP contribution in [0.2, 0.25) is 0 Å². The van der Waals surface area contributed by atoms with Crippen LogP contribution in [0.4, 0.5) is 0 Å². The van der Waals surface area contributed by atoms with Gasteiger partial charge in [0.1, 0.15) is 0 Å². The van der Waals surface area contributed by atoms with Gasteiger partial charge in [-0.1, -0.05) is 13.3 Å². The van der Waals surface area contributed by atoms with Crippen molar-refractivity contribution in [2.24, 2.45) is 11.3 Å². The molecule has 1 aliphatic carbocycles. The van der Waals surface area contributed by atoms with E-state index in [-0.39, 0.29) is 0 Å². The van der Waals surface area contributed by atoms with Crippen molar-refractivity contribution in [3.63, 3.8) is 0 Å². The summed E-state index contributed by atoms with van der Waals surface area (Å²) < 4.78 is 0. The number of piperidine rings is 1. The molecule has 0 aromatic carbocycles. The maximum absolute atomic E-state index is 3.46. The van der Waals surface area contributed by atoms with E-state index in [0.29, 0.717) is 5.41 Å². The molecule has 88 valence electrons. The van der Waals surface area contributed by atoms with Crippen LogP contribution in [0.5, 0.6) is 0 Å². The third kappa shape index (κ3) is 3.18. The number of nitrogens with zero attached hydrogens (tertiary/aromatic N) is 1. The van der Waals surface area contributed by atoms with Crippen LogP contribution in [-0.2, 0) is 0 Å². The van der Waals surface area contributed by atoms with Crippen LogP contribution in [0, 0.1) is 11.3 Å². The predicted octanol–water partition coefficient (Wildman–Crippen LogP) is 2.11. The van der Waals surface area contributed by atoms with Crippen molar-refractivity contribution in [2.45, 2.75) is 39.0 Å². The lowest BCUT2D eigenvalue weighted by Gasteiger charge is -2.39. The molecule has 1 saturated carbocycles. The first-order valence-corrected chi connectivity index (χ1v) is 6.57. The van der Waals surface area contributed by atoms with Crippen molar-refractivity contribution >= 4 is 0 Å². The lowest BCUT2D eigenvalue weighted by Crippen LogP contribution is -2.43. The zero-order valence-electron chi connectivity index (χ0n) is 10.4. The SMILES string of the molecule is CN(CC1CCC1)CC1(C)CCNCC1. The van der Waals surface area contributed by atoms with Crippen LogP contribution in [-0.4, -0.2) is 38.1 Å². The second-order valence-electron chi connectivity index (χ2n) is 6.05. The Labute approximate surface area is 94.4 Å². The molecular weight excluding hydrogens is 184 g/mol. The molecule has 2 nitrogen and oxygen atoms in total. The quantitative estimate of drug-likeness (QED) is 0.764. The highest BCUT2D eigenvalue weighted by Crippen LogP contribution is 2.31. The molecule has 0 spiro atoms. The highest BCUT2D eigenvalue weighted by molar-refractivity contribution is 4.84. The van der Waals surface area contributed by atoms with Gasteiger partial charge in [0, 0.05) is 13.1 Å². The van der Waals surface area contributed by atoms with Crippen molar-refractivity contribution in [3.8, 4) is 0 Å². The Morgan fingerprint density at radius 2 is 1.93 bits per heavy atom. The number of rotatable bonds is 4. The second kappa shape index (κ2) is 4.84. The normalized spacial score (nSPS) is 26.6. The summed E-state index contributed by atoms with van der Waals surface area (Å²) in [6.45, 7) is 7.53. The Hall–Kier alpha value is -0.0800. The first-order valence-electron chi connectivity index (χ1n) is 6.57. The molecule has 2 aliphatic rings. The van der Waals surface area contributed by atoms with Gasteiger partial charge in [0.25, 0.3) is 0 Å². The van der Waals surface area contributed by atoms with E-state index < -0.39 is 0 Å². The molecule has 0 unspecified atom stereocenters. The van der Waals surface area contributed by atoms with E-state index in [1.54, 1.807) is 0 Å². The van der Waals surface area contributed by atoms with Crippen LogP contribution < -0.4 is 5.32 Å². The minimum atomic E-state index is 0.573. The van der Waals surface area contributed by atoms with E-state index >= 15 is 0 Å². The van der Waals surface area contributed by atoms with Crippen molar-refractivity contribution in [1.82, 2.24) is 10.2 Å². The first kappa shape index (κ1) is 11.4. The van der Waals surface area contributed by atoms with E-state index in [1.165, 1.54) is 58.3 Å². The van der Waals surface area contributed by atoms with Crippen molar-refractivity contribution in [2.75, 3.05) is 33.2 Å². The van der Waals surface area contributed by atoms with Gasteiger partial charge in [-0.25, -0.2) is 0 Å². The Balaban J connectivity index is 1.73. The molecule has 1 saturated heterocycles. The summed E-state index contributed by atoms with van der Waals surface area (Å²) in [6.07, 6.45) is 7.12. The van der Waals surface area contributed by atoms with Gasteiger partial charge >= 0.3 is 0 Å². The standard InChI is InChI=1S/C13H26N2/c1-13(6-8-14-9-7-13)11-15(2)10-12-4-3-5-12/h12,14H,3-11H2,1-2H3. The largest absolute Gasteiger partial charge is 0.317 e. The van der Waals surface area contributed by atoms with Gasteiger partial charge in [-0.3, -0.25) is 0 Å². The van der Waals surface area contributed by atoms with Gasteiger partial charge < -0.3 is 10.2 Å². The molecule has 0 atom stereocenters. The highest BCUT2D eigenvalue weighted by atomic mass is 15.1. The average molecular weight is 210 g/mol. The van der Waals surface area contributed by atoms with Gasteiger partial charge in [-0.05, 0) is 57.2 Å². The maximum Gasteiger partial charge on any atom is 0.00333 e. The molecule has 1 aliphatic heterocycles. The fraction of sp³-hybridized carbons (Fsp3) is 1.00. The number of nitrogens with one attached hydrogen (secondary N) is 1. The molecule has 0 amide bonds. The Kier molecular flexibility index (Phi) is 3.68. The van der Waals surface area contributed by atoms with Crippen LogP contribution in [0.15, 0.2) is 0 Å². The van der Waals surface area contributed by atoms with Crippen molar-refractivity contribution in [1.29, 1.82) is 0 Å². The predicted molar refractivity (Wildman–Crippen MR) is 65.0 cm³/mol. The third-order valence-corrected chi connectivity index (χ3v) is 4.26. The molecule has 2 heteroatoms. The first-order chi connectivity index (χ1) is 7.18. The Morgan fingerprint density at radius 1 is 1.27 bits per heavy atom. The molecule has 0 aromatic heterocycles. The van der Waals surface area contributed by atoms with Gasteiger partial charge in [-0.15, -0.1) is 0 Å². The average Bonchev–Trinajstić information content (AvgIpc) is 2.12. The van der Waals surface area contributed by atoms with Gasteiger partial charge in [0.15, 0.2) is 0 Å². The molecule has 0 bridgehead atoms. The fourth-order valence-electron chi connectivity index (χ4n) is 3.02. The summed E-state index contributed by atoms with van der Waals surface area (Å²) >= 11 is 0. The maximum atomic E-state index is 3.46. The monoisotopic (exact) mass is 210 g/mol. The highest BCUT2D eigenvalue weighted by Gasteiger charge is 2.29. The zero-order chi connectivity index (χ0) is 10.7. The summed E-state index contributed by atoms with van der Waals surface area (Å²) in [5, 5.41) is 3.46. The molecule has 2 fully saturated rings. The molecule has 2 rings (SSSR count). The molecular formula is C13H26N2. The zero-order valence-corrected chi connectivity index (χ0v) is 10.4. The van der Waals surface area contributed by atoms with Crippen LogP contribution >= 0.6 is 0 Å². The fourth-order valence-corrected chi connectivity index (χ4v) is 3.02. The molecule has 1 N–H and O–H groups in total.